The Bertz CT molecular complexity index is 338. The first-order chi connectivity index (χ1) is 5.69. The maximum Gasteiger partial charge on any atom is 0.101 e. The van der Waals surface area contributed by atoms with E-state index in [-0.39, 0.29) is 6.61 Å². The molecule has 1 aromatic rings. The lowest BCUT2D eigenvalue weighted by Crippen LogP contribution is -1.96. The van der Waals surface area contributed by atoms with Crippen LogP contribution in [0.5, 0.6) is 0 Å². The largest absolute Gasteiger partial charge is 0.398 e. The van der Waals surface area contributed by atoms with Crippen LogP contribution in [0.3, 0.4) is 0 Å². The van der Waals surface area contributed by atoms with Crippen molar-refractivity contribution in [3.05, 3.63) is 28.8 Å². The van der Waals surface area contributed by atoms with Crippen LogP contribution in [0.4, 0.5) is 5.69 Å². The average molecular weight is 162 g/mol. The molecule has 0 heterocycles. The van der Waals surface area contributed by atoms with Gasteiger partial charge in [-0.05, 0) is 30.2 Å². The molecule has 62 valence electrons. The Morgan fingerprint density at radius 1 is 1.58 bits per heavy atom. The molecule has 0 spiro atoms. The van der Waals surface area contributed by atoms with Gasteiger partial charge in [-0.1, -0.05) is 0 Å². The number of hydrogen-bond donors (Lipinski definition) is 2. The molecule has 0 amide bonds. The Labute approximate surface area is 71.1 Å². The molecular formula is C9H10N2O. The maximum absolute atomic E-state index is 8.87. The molecule has 3 nitrogen and oxygen atoms in total. The van der Waals surface area contributed by atoms with Gasteiger partial charge >= 0.3 is 0 Å². The number of aliphatic hydroxyl groups excluding tert-OH is 1. The number of nitrogens with two attached hydrogens (primary N) is 1. The molecule has 1 rings (SSSR count). The normalized spacial score (nSPS) is 9.42. The molecule has 0 radical (unpaired) electrons. The molecular weight excluding hydrogens is 152 g/mol. The number of benzene rings is 1. The quantitative estimate of drug-likeness (QED) is 0.604. The van der Waals surface area contributed by atoms with Crippen LogP contribution in [0, 0.1) is 18.3 Å². The van der Waals surface area contributed by atoms with Crippen LogP contribution in [0.2, 0.25) is 0 Å². The number of aliphatic hydroxyl groups is 1. The van der Waals surface area contributed by atoms with Crippen molar-refractivity contribution in [2.45, 2.75) is 13.5 Å². The third kappa shape index (κ3) is 1.39. The zero-order valence-electron chi connectivity index (χ0n) is 6.83. The van der Waals surface area contributed by atoms with Crippen molar-refractivity contribution in [2.24, 2.45) is 0 Å². The highest BCUT2D eigenvalue weighted by Gasteiger charge is 2.02. The molecule has 0 bridgehead atoms. The minimum Gasteiger partial charge on any atom is -0.398 e. The van der Waals surface area contributed by atoms with Gasteiger partial charge in [0.1, 0.15) is 6.07 Å². The second-order valence-electron chi connectivity index (χ2n) is 2.64. The van der Waals surface area contributed by atoms with Crippen LogP contribution in [0.25, 0.3) is 0 Å². The SMILES string of the molecule is Cc1cc(C#N)c(N)cc1CO. The number of anilines is 1. The number of nitriles is 1. The molecule has 0 aliphatic carbocycles. The summed E-state index contributed by atoms with van der Waals surface area (Å²) in [7, 11) is 0. The van der Waals surface area contributed by atoms with E-state index in [1.165, 1.54) is 0 Å². The van der Waals surface area contributed by atoms with Crippen molar-refractivity contribution in [1.82, 2.24) is 0 Å². The first-order valence-corrected chi connectivity index (χ1v) is 3.59. The predicted molar refractivity (Wildman–Crippen MR) is 46.2 cm³/mol. The smallest absolute Gasteiger partial charge is 0.101 e. The molecule has 0 unspecified atom stereocenters. The first kappa shape index (κ1) is 8.57. The molecule has 3 heteroatoms. The van der Waals surface area contributed by atoms with Crippen molar-refractivity contribution < 1.29 is 5.11 Å². The topological polar surface area (TPSA) is 70.0 Å². The predicted octanol–water partition coefficient (Wildman–Crippen LogP) is 0.941. The Kier molecular flexibility index (Phi) is 2.32. The van der Waals surface area contributed by atoms with Gasteiger partial charge in [0.05, 0.1) is 12.2 Å². The summed E-state index contributed by atoms with van der Waals surface area (Å²) in [6.07, 6.45) is 0. The molecule has 0 aliphatic heterocycles. The van der Waals surface area contributed by atoms with Gasteiger partial charge in [-0.3, -0.25) is 0 Å². The molecule has 0 aromatic heterocycles. The monoisotopic (exact) mass is 162 g/mol. The lowest BCUT2D eigenvalue weighted by atomic mass is 10.0. The van der Waals surface area contributed by atoms with Crippen molar-refractivity contribution in [3.8, 4) is 6.07 Å². The van der Waals surface area contributed by atoms with Gasteiger partial charge in [0.15, 0.2) is 0 Å². The molecule has 12 heavy (non-hydrogen) atoms. The van der Waals surface area contributed by atoms with Crippen LogP contribution in [0.15, 0.2) is 12.1 Å². The van der Waals surface area contributed by atoms with E-state index in [9.17, 15) is 0 Å². The van der Waals surface area contributed by atoms with Crippen LogP contribution in [0.1, 0.15) is 16.7 Å². The van der Waals surface area contributed by atoms with E-state index in [0.717, 1.165) is 11.1 Å². The number of hydrogen-bond acceptors (Lipinski definition) is 3. The highest BCUT2D eigenvalue weighted by atomic mass is 16.3. The minimum atomic E-state index is -0.0399. The highest BCUT2D eigenvalue weighted by molar-refractivity contribution is 5.57. The molecule has 0 aliphatic rings. The summed E-state index contributed by atoms with van der Waals surface area (Å²) in [4.78, 5) is 0. The highest BCUT2D eigenvalue weighted by Crippen LogP contribution is 2.17. The number of nitrogen functional groups attached to an aromatic ring is 1. The number of aryl methyl sites for hydroxylation is 1. The maximum atomic E-state index is 8.87. The summed E-state index contributed by atoms with van der Waals surface area (Å²) >= 11 is 0. The van der Waals surface area contributed by atoms with Gasteiger partial charge in [-0.25, -0.2) is 0 Å². The van der Waals surface area contributed by atoms with E-state index in [0.29, 0.717) is 11.3 Å². The number of rotatable bonds is 1. The Hall–Kier alpha value is -1.53. The minimum absolute atomic E-state index is 0.0399. The van der Waals surface area contributed by atoms with Crippen LogP contribution >= 0.6 is 0 Å². The Morgan fingerprint density at radius 3 is 2.75 bits per heavy atom. The molecule has 0 fully saturated rings. The zero-order valence-corrected chi connectivity index (χ0v) is 6.83. The van der Waals surface area contributed by atoms with Crippen LogP contribution in [-0.2, 0) is 6.61 Å². The molecule has 0 atom stereocenters. The zero-order chi connectivity index (χ0) is 9.14. The third-order valence-electron chi connectivity index (χ3n) is 1.80. The average Bonchev–Trinajstić information content (AvgIpc) is 2.08. The fourth-order valence-electron chi connectivity index (χ4n) is 1.04. The standard InChI is InChI=1S/C9H10N2O/c1-6-2-7(4-10)9(11)3-8(6)5-12/h2-3,12H,5,11H2,1H3. The van der Waals surface area contributed by atoms with E-state index in [1.807, 2.05) is 13.0 Å². The van der Waals surface area contributed by atoms with Crippen molar-refractivity contribution in [1.29, 1.82) is 5.26 Å². The first-order valence-electron chi connectivity index (χ1n) is 3.59. The van der Waals surface area contributed by atoms with Crippen molar-refractivity contribution >= 4 is 5.69 Å². The summed E-state index contributed by atoms with van der Waals surface area (Å²) in [6.45, 7) is 1.80. The van der Waals surface area contributed by atoms with Gasteiger partial charge in [0.25, 0.3) is 0 Å². The van der Waals surface area contributed by atoms with E-state index in [1.54, 1.807) is 12.1 Å². The summed E-state index contributed by atoms with van der Waals surface area (Å²) in [5.74, 6) is 0. The van der Waals surface area contributed by atoms with Crippen molar-refractivity contribution in [3.63, 3.8) is 0 Å². The van der Waals surface area contributed by atoms with Gasteiger partial charge in [-0.2, -0.15) is 5.26 Å². The van der Waals surface area contributed by atoms with Gasteiger partial charge in [-0.15, -0.1) is 0 Å². The van der Waals surface area contributed by atoms with Gasteiger partial charge in [0.2, 0.25) is 0 Å². The molecule has 3 N–H and O–H groups in total. The van der Waals surface area contributed by atoms with E-state index < -0.39 is 0 Å². The Morgan fingerprint density at radius 2 is 2.25 bits per heavy atom. The van der Waals surface area contributed by atoms with E-state index in [2.05, 4.69) is 0 Å². The second-order valence-corrected chi connectivity index (χ2v) is 2.64. The fraction of sp³-hybridized carbons (Fsp3) is 0.222. The molecule has 1 aromatic carbocycles. The second kappa shape index (κ2) is 3.24. The molecule has 0 saturated carbocycles. The summed E-state index contributed by atoms with van der Waals surface area (Å²) < 4.78 is 0. The fourth-order valence-corrected chi connectivity index (χ4v) is 1.04. The molecule has 0 saturated heterocycles. The van der Waals surface area contributed by atoms with E-state index in [4.69, 9.17) is 16.1 Å². The van der Waals surface area contributed by atoms with Crippen molar-refractivity contribution in [2.75, 3.05) is 5.73 Å². The Balaban J connectivity index is 3.28. The van der Waals surface area contributed by atoms with Gasteiger partial charge < -0.3 is 10.8 Å². The lowest BCUT2D eigenvalue weighted by Gasteiger charge is -2.04. The third-order valence-corrected chi connectivity index (χ3v) is 1.80. The lowest BCUT2D eigenvalue weighted by molar-refractivity contribution is 0.281. The summed E-state index contributed by atoms with van der Waals surface area (Å²) in [5, 5.41) is 17.5. The van der Waals surface area contributed by atoms with Crippen LogP contribution < -0.4 is 5.73 Å². The summed E-state index contributed by atoms with van der Waals surface area (Å²) in [6, 6.07) is 5.30. The van der Waals surface area contributed by atoms with Crippen LogP contribution in [-0.4, -0.2) is 5.11 Å². The van der Waals surface area contributed by atoms with Gasteiger partial charge in [0, 0.05) is 5.69 Å². The van der Waals surface area contributed by atoms with E-state index >= 15 is 0 Å². The summed E-state index contributed by atoms with van der Waals surface area (Å²) in [5.41, 5.74) is 8.09. The number of nitrogens with zero attached hydrogens (tertiary/aromatic N) is 1.